The quantitative estimate of drug-likeness (QED) is 0.474. The number of anilines is 2. The summed E-state index contributed by atoms with van der Waals surface area (Å²) in [4.78, 5) is 25.9. The summed E-state index contributed by atoms with van der Waals surface area (Å²) in [5.74, 6) is 0.0771. The first-order chi connectivity index (χ1) is 14.3. The van der Waals surface area contributed by atoms with Crippen LogP contribution in [-0.4, -0.2) is 28.7 Å². The molecular weight excluding hydrogens is 422 g/mol. The highest BCUT2D eigenvalue weighted by Gasteiger charge is 2.23. The minimum atomic E-state index is -0.304. The zero-order chi connectivity index (χ0) is 22.4. The molecule has 8 heteroatoms. The maximum Gasteiger partial charge on any atom is 0.260 e. The van der Waals surface area contributed by atoms with Crippen LogP contribution >= 0.6 is 22.9 Å². The monoisotopic (exact) mass is 449 g/mol. The van der Waals surface area contributed by atoms with Crippen molar-refractivity contribution in [1.82, 2.24) is 9.88 Å². The lowest BCUT2D eigenvalue weighted by atomic mass is 10.1. The number of aryl methyl sites for hydroxylation is 2. The van der Waals surface area contributed by atoms with Crippen molar-refractivity contribution in [3.05, 3.63) is 55.6 Å². The van der Waals surface area contributed by atoms with Crippen LogP contribution in [0.25, 0.3) is 10.1 Å². The molecule has 2 heterocycles. The van der Waals surface area contributed by atoms with Gasteiger partial charge in [0.2, 0.25) is 0 Å². The number of aliphatic hydroxyl groups excluding tert-OH is 1. The number of carbonyl (C=O) groups is 1. The Morgan fingerprint density at radius 1 is 1.27 bits per heavy atom. The molecule has 1 amide bonds. The Bertz CT molecular complexity index is 1110. The Morgan fingerprint density at radius 2 is 1.97 bits per heavy atom. The van der Waals surface area contributed by atoms with E-state index in [9.17, 15) is 9.59 Å². The molecule has 0 saturated carbocycles. The molecular formula is C22H28ClN3O3S. The first kappa shape index (κ1) is 23.9. The largest absolute Gasteiger partial charge is 0.396 e. The van der Waals surface area contributed by atoms with Crippen LogP contribution in [0.1, 0.15) is 41.8 Å². The molecule has 3 aromatic rings. The number of pyridine rings is 1. The average Bonchev–Trinajstić information content (AvgIpc) is 3.10. The number of benzene rings is 1. The summed E-state index contributed by atoms with van der Waals surface area (Å²) in [5, 5.41) is 17.9. The normalized spacial score (nSPS) is 10.5. The van der Waals surface area contributed by atoms with Gasteiger partial charge in [-0.05, 0) is 48.9 Å². The van der Waals surface area contributed by atoms with Gasteiger partial charge in [-0.3, -0.25) is 14.2 Å². The average molecular weight is 450 g/mol. The van der Waals surface area contributed by atoms with Crippen LogP contribution in [0.15, 0.2) is 28.4 Å². The Hall–Kier alpha value is -2.35. The number of thiophene rings is 1. The number of rotatable bonds is 6. The van der Waals surface area contributed by atoms with Gasteiger partial charge in [0.15, 0.2) is 0 Å². The number of nitrogens with one attached hydrogen (secondary N) is 2. The predicted molar refractivity (Wildman–Crippen MR) is 127 cm³/mol. The highest BCUT2D eigenvalue weighted by atomic mass is 35.5. The highest BCUT2D eigenvalue weighted by Crippen LogP contribution is 2.33. The molecule has 0 fully saturated rings. The number of aromatic nitrogens is 1. The maximum atomic E-state index is 13.0. The third-order valence-corrected chi connectivity index (χ3v) is 5.95. The van der Waals surface area contributed by atoms with Crippen molar-refractivity contribution < 1.29 is 9.90 Å². The van der Waals surface area contributed by atoms with Crippen molar-refractivity contribution in [3.63, 3.8) is 0 Å². The highest BCUT2D eigenvalue weighted by molar-refractivity contribution is 7.17. The second-order valence-electron chi connectivity index (χ2n) is 6.65. The van der Waals surface area contributed by atoms with E-state index in [4.69, 9.17) is 16.7 Å². The van der Waals surface area contributed by atoms with Crippen LogP contribution in [0.2, 0.25) is 5.02 Å². The summed E-state index contributed by atoms with van der Waals surface area (Å²) in [7, 11) is 1.63. The van der Waals surface area contributed by atoms with E-state index in [2.05, 4.69) is 10.6 Å². The van der Waals surface area contributed by atoms with Crippen LogP contribution in [0.5, 0.6) is 0 Å². The molecule has 3 rings (SSSR count). The molecule has 0 saturated heterocycles. The third-order valence-electron chi connectivity index (χ3n) is 4.52. The minimum absolute atomic E-state index is 0.00877. The SMILES string of the molecule is CC.Cc1ccc(Nc2c(C(=O)NCCCO)c3scc(C)c3c(=O)n2C)c(Cl)c1. The third kappa shape index (κ3) is 4.86. The second-order valence-corrected chi connectivity index (χ2v) is 7.94. The van der Waals surface area contributed by atoms with E-state index in [1.54, 1.807) is 7.05 Å². The molecule has 0 unspecified atom stereocenters. The van der Waals surface area contributed by atoms with Crippen molar-refractivity contribution in [1.29, 1.82) is 0 Å². The number of fused-ring (bicyclic) bond motifs is 1. The van der Waals surface area contributed by atoms with Gasteiger partial charge in [-0.2, -0.15) is 0 Å². The van der Waals surface area contributed by atoms with E-state index in [1.165, 1.54) is 15.9 Å². The molecule has 1 aromatic carbocycles. The maximum absolute atomic E-state index is 13.0. The smallest absolute Gasteiger partial charge is 0.260 e. The lowest BCUT2D eigenvalue weighted by Gasteiger charge is -2.18. The summed E-state index contributed by atoms with van der Waals surface area (Å²) in [6.45, 7) is 8.13. The molecule has 0 aliphatic heterocycles. The van der Waals surface area contributed by atoms with Crippen molar-refractivity contribution in [3.8, 4) is 0 Å². The summed E-state index contributed by atoms with van der Waals surface area (Å²) in [6.07, 6.45) is 0.455. The number of hydrogen-bond donors (Lipinski definition) is 3. The standard InChI is InChI=1S/C20H22ClN3O3S.C2H6/c1-11-5-6-14(13(21)9-11)23-18-16(19(26)22-7-4-8-25)17-15(12(2)10-28-17)20(27)24(18)3;1-2/h5-6,9-10,23,25H,4,7-8H2,1-3H3,(H,22,26);1-2H3. The summed E-state index contributed by atoms with van der Waals surface area (Å²) >= 11 is 7.72. The van der Waals surface area contributed by atoms with Crippen molar-refractivity contribution in [2.75, 3.05) is 18.5 Å². The molecule has 0 atom stereocenters. The lowest BCUT2D eigenvalue weighted by molar-refractivity contribution is 0.0953. The van der Waals surface area contributed by atoms with Crippen molar-refractivity contribution in [2.45, 2.75) is 34.1 Å². The number of nitrogens with zero attached hydrogens (tertiary/aromatic N) is 1. The molecule has 0 bridgehead atoms. The summed E-state index contributed by atoms with van der Waals surface area (Å²) < 4.78 is 2.08. The van der Waals surface area contributed by atoms with Gasteiger partial charge in [-0.25, -0.2) is 0 Å². The molecule has 0 spiro atoms. The van der Waals surface area contributed by atoms with Gasteiger partial charge in [0.05, 0.1) is 26.4 Å². The predicted octanol–water partition coefficient (Wildman–Crippen LogP) is 4.75. The number of halogens is 1. The van der Waals surface area contributed by atoms with Gasteiger partial charge in [0.25, 0.3) is 11.5 Å². The first-order valence-corrected chi connectivity index (χ1v) is 11.1. The van der Waals surface area contributed by atoms with Crippen LogP contribution in [0, 0.1) is 13.8 Å². The van der Waals surface area contributed by atoms with Gasteiger partial charge < -0.3 is 15.7 Å². The lowest BCUT2D eigenvalue weighted by Crippen LogP contribution is -2.29. The number of amides is 1. The Kier molecular flexibility index (Phi) is 8.46. The van der Waals surface area contributed by atoms with Gasteiger partial charge in [-0.15, -0.1) is 11.3 Å². The van der Waals surface area contributed by atoms with E-state index < -0.39 is 0 Å². The molecule has 2 aromatic heterocycles. The van der Waals surface area contributed by atoms with Crippen molar-refractivity contribution >= 4 is 50.4 Å². The zero-order valence-corrected chi connectivity index (χ0v) is 19.5. The topological polar surface area (TPSA) is 83.4 Å². The van der Waals surface area contributed by atoms with Crippen LogP contribution < -0.4 is 16.2 Å². The van der Waals surface area contributed by atoms with E-state index in [-0.39, 0.29) is 18.1 Å². The fourth-order valence-corrected chi connectivity index (χ4v) is 4.38. The fourth-order valence-electron chi connectivity index (χ4n) is 3.01. The number of hydrogen-bond acceptors (Lipinski definition) is 5. The molecule has 0 radical (unpaired) electrons. The minimum Gasteiger partial charge on any atom is -0.396 e. The summed E-state index contributed by atoms with van der Waals surface area (Å²) in [6, 6.07) is 5.54. The van der Waals surface area contributed by atoms with Crippen molar-refractivity contribution in [2.24, 2.45) is 7.05 Å². The first-order valence-electron chi connectivity index (χ1n) is 9.88. The molecule has 3 N–H and O–H groups in total. The molecule has 30 heavy (non-hydrogen) atoms. The molecule has 162 valence electrons. The summed E-state index contributed by atoms with van der Waals surface area (Å²) in [5.41, 5.74) is 2.68. The van der Waals surface area contributed by atoms with E-state index in [0.29, 0.717) is 45.1 Å². The van der Waals surface area contributed by atoms with Gasteiger partial charge in [-0.1, -0.05) is 31.5 Å². The fraction of sp³-hybridized carbons (Fsp3) is 0.364. The van der Waals surface area contributed by atoms with Gasteiger partial charge >= 0.3 is 0 Å². The van der Waals surface area contributed by atoms with E-state index >= 15 is 0 Å². The molecule has 0 aliphatic carbocycles. The molecule has 6 nitrogen and oxygen atoms in total. The van der Waals surface area contributed by atoms with E-state index in [0.717, 1.165) is 11.1 Å². The zero-order valence-electron chi connectivity index (χ0n) is 17.9. The number of aliphatic hydroxyl groups is 1. The second kappa shape index (κ2) is 10.6. The van der Waals surface area contributed by atoms with E-state index in [1.807, 2.05) is 51.3 Å². The molecule has 0 aliphatic rings. The van der Waals surface area contributed by atoms with Gasteiger partial charge in [0.1, 0.15) is 5.82 Å². The van der Waals surface area contributed by atoms with Crippen LogP contribution in [-0.2, 0) is 7.05 Å². The van der Waals surface area contributed by atoms with Crippen LogP contribution in [0.3, 0.4) is 0 Å². The Morgan fingerprint density at radius 3 is 2.60 bits per heavy atom. The van der Waals surface area contributed by atoms with Crippen LogP contribution in [0.4, 0.5) is 11.5 Å². The number of carbonyl (C=O) groups excluding carboxylic acids is 1. The Labute approximate surface area is 185 Å². The Balaban J connectivity index is 0.00000155. The van der Waals surface area contributed by atoms with Gasteiger partial charge in [0, 0.05) is 20.2 Å².